The molecule has 0 heterocycles. The van der Waals surface area contributed by atoms with Crippen LogP contribution in [0.15, 0.2) is 54.1 Å². The predicted molar refractivity (Wildman–Crippen MR) is 119 cm³/mol. The van der Waals surface area contributed by atoms with Gasteiger partial charge in [0.25, 0.3) is 0 Å². The van der Waals surface area contributed by atoms with E-state index in [9.17, 15) is 9.90 Å². The number of hydrogen-bond donors (Lipinski definition) is 1. The van der Waals surface area contributed by atoms with Crippen LogP contribution in [0.5, 0.6) is 17.2 Å². The molecule has 0 amide bonds. The van der Waals surface area contributed by atoms with E-state index in [1.54, 1.807) is 27.2 Å². The van der Waals surface area contributed by atoms with Crippen molar-refractivity contribution in [3.8, 4) is 29.1 Å². The van der Waals surface area contributed by atoms with Crippen LogP contribution in [-0.2, 0) is 16.0 Å². The molecule has 0 aromatic heterocycles. The van der Waals surface area contributed by atoms with Crippen molar-refractivity contribution in [2.24, 2.45) is 0 Å². The fourth-order valence-electron chi connectivity index (χ4n) is 2.72. The first-order chi connectivity index (χ1) is 14.9. The summed E-state index contributed by atoms with van der Waals surface area (Å²) in [6.07, 6.45) is 1.37. The van der Waals surface area contributed by atoms with Crippen molar-refractivity contribution >= 4 is 5.97 Å². The highest BCUT2D eigenvalue weighted by atomic mass is 16.5. The second-order valence-electron chi connectivity index (χ2n) is 6.68. The van der Waals surface area contributed by atoms with Gasteiger partial charge in [-0.1, -0.05) is 24.0 Å². The second kappa shape index (κ2) is 12.3. The van der Waals surface area contributed by atoms with E-state index in [0.717, 1.165) is 16.7 Å². The number of benzene rings is 2. The highest BCUT2D eigenvalue weighted by Crippen LogP contribution is 2.22. The summed E-state index contributed by atoms with van der Waals surface area (Å²) >= 11 is 0. The fraction of sp³-hybridized carbons (Fsp3) is 0.320. The molecule has 0 bridgehead atoms. The molecule has 2 rings (SSSR count). The molecular formula is C25H28O6. The summed E-state index contributed by atoms with van der Waals surface area (Å²) in [5.74, 6) is 7.30. The van der Waals surface area contributed by atoms with Crippen LogP contribution in [0.2, 0.25) is 0 Å². The van der Waals surface area contributed by atoms with Crippen LogP contribution < -0.4 is 14.2 Å². The zero-order valence-corrected chi connectivity index (χ0v) is 18.3. The maximum absolute atomic E-state index is 11.2. The highest BCUT2D eigenvalue weighted by Gasteiger charge is 2.17. The predicted octanol–water partition coefficient (Wildman–Crippen LogP) is 4.11. The van der Waals surface area contributed by atoms with Gasteiger partial charge >= 0.3 is 5.97 Å². The van der Waals surface area contributed by atoms with Gasteiger partial charge in [-0.15, -0.1) is 0 Å². The maximum Gasteiger partial charge on any atom is 0.333 e. The number of methoxy groups -OCH3 is 2. The highest BCUT2D eigenvalue weighted by molar-refractivity contribution is 5.72. The van der Waals surface area contributed by atoms with E-state index in [1.165, 1.54) is 0 Å². The van der Waals surface area contributed by atoms with Gasteiger partial charge in [0.15, 0.2) is 6.10 Å². The number of aliphatic carboxylic acids is 1. The minimum Gasteiger partial charge on any atom is -0.497 e. The number of carboxylic acids is 1. The first kappa shape index (κ1) is 23.8. The molecule has 1 atom stereocenters. The summed E-state index contributed by atoms with van der Waals surface area (Å²) in [4.78, 5) is 11.2. The molecule has 0 saturated heterocycles. The lowest BCUT2D eigenvalue weighted by Gasteiger charge is -2.12. The topological polar surface area (TPSA) is 74.2 Å². The molecule has 31 heavy (non-hydrogen) atoms. The van der Waals surface area contributed by atoms with Crippen molar-refractivity contribution in [1.82, 2.24) is 0 Å². The average molecular weight is 424 g/mol. The Morgan fingerprint density at radius 1 is 1.06 bits per heavy atom. The fourth-order valence-corrected chi connectivity index (χ4v) is 2.72. The first-order valence-corrected chi connectivity index (χ1v) is 9.93. The monoisotopic (exact) mass is 424 g/mol. The largest absolute Gasteiger partial charge is 0.497 e. The minimum absolute atomic E-state index is 0.313. The number of hydrogen-bond acceptors (Lipinski definition) is 5. The van der Waals surface area contributed by atoms with E-state index >= 15 is 0 Å². The second-order valence-corrected chi connectivity index (χ2v) is 6.68. The van der Waals surface area contributed by atoms with Crippen LogP contribution in [0.1, 0.15) is 25.0 Å². The van der Waals surface area contributed by atoms with Crippen molar-refractivity contribution in [1.29, 1.82) is 0 Å². The van der Waals surface area contributed by atoms with E-state index in [2.05, 4.69) is 11.8 Å². The molecule has 1 N–H and O–H groups in total. The molecule has 2 aromatic carbocycles. The molecule has 0 saturated carbocycles. The molecule has 2 aromatic rings. The zero-order valence-electron chi connectivity index (χ0n) is 18.3. The van der Waals surface area contributed by atoms with Gasteiger partial charge in [0.2, 0.25) is 0 Å². The Kier molecular flexibility index (Phi) is 9.47. The van der Waals surface area contributed by atoms with Crippen molar-refractivity contribution in [3.05, 3.63) is 65.2 Å². The minimum atomic E-state index is -0.962. The maximum atomic E-state index is 11.2. The Balaban J connectivity index is 1.93. The first-order valence-electron chi connectivity index (χ1n) is 9.93. The van der Waals surface area contributed by atoms with Gasteiger partial charge in [-0.25, -0.2) is 4.79 Å². The number of carboxylic acid groups (broad SMARTS) is 1. The lowest BCUT2D eigenvalue weighted by Crippen LogP contribution is -2.26. The van der Waals surface area contributed by atoms with E-state index < -0.39 is 12.1 Å². The summed E-state index contributed by atoms with van der Waals surface area (Å²) < 4.78 is 21.5. The van der Waals surface area contributed by atoms with Crippen LogP contribution in [0.3, 0.4) is 0 Å². The van der Waals surface area contributed by atoms with Gasteiger partial charge in [-0.2, -0.15) is 0 Å². The van der Waals surface area contributed by atoms with Gasteiger partial charge in [0.1, 0.15) is 23.9 Å². The van der Waals surface area contributed by atoms with Crippen LogP contribution in [-0.4, -0.2) is 44.6 Å². The SMILES string of the molecule is CCOC(Cc1ccc(OCC=C(C)C#Cc2cc(OC)cc(OC)c2)cc1)C(=O)O. The van der Waals surface area contributed by atoms with Crippen LogP contribution in [0, 0.1) is 11.8 Å². The van der Waals surface area contributed by atoms with Crippen molar-refractivity contribution in [2.75, 3.05) is 27.4 Å². The summed E-state index contributed by atoms with van der Waals surface area (Å²) in [5.41, 5.74) is 2.55. The molecule has 0 radical (unpaired) electrons. The molecule has 0 aliphatic heterocycles. The molecule has 1 unspecified atom stereocenters. The Morgan fingerprint density at radius 2 is 1.71 bits per heavy atom. The van der Waals surface area contributed by atoms with Crippen molar-refractivity contribution < 1.29 is 28.8 Å². The average Bonchev–Trinajstić information content (AvgIpc) is 2.78. The van der Waals surface area contributed by atoms with E-state index in [-0.39, 0.29) is 0 Å². The smallest absolute Gasteiger partial charge is 0.333 e. The third-order valence-electron chi connectivity index (χ3n) is 4.38. The van der Waals surface area contributed by atoms with Crippen LogP contribution in [0.4, 0.5) is 0 Å². The molecule has 0 aliphatic carbocycles. The van der Waals surface area contributed by atoms with Crippen molar-refractivity contribution in [3.63, 3.8) is 0 Å². The number of ether oxygens (including phenoxy) is 4. The molecule has 6 nitrogen and oxygen atoms in total. The molecule has 0 aliphatic rings. The Hall–Kier alpha value is -3.43. The lowest BCUT2D eigenvalue weighted by molar-refractivity contribution is -0.149. The zero-order chi connectivity index (χ0) is 22.6. The summed E-state index contributed by atoms with van der Waals surface area (Å²) in [7, 11) is 3.20. The Bertz CT molecular complexity index is 928. The van der Waals surface area contributed by atoms with Gasteiger partial charge in [0, 0.05) is 24.7 Å². The summed E-state index contributed by atoms with van der Waals surface area (Å²) in [6.45, 7) is 4.42. The third kappa shape index (κ3) is 8.07. The van der Waals surface area contributed by atoms with Crippen LogP contribution in [0.25, 0.3) is 0 Å². The number of carbonyl (C=O) groups is 1. The van der Waals surface area contributed by atoms with Crippen molar-refractivity contribution in [2.45, 2.75) is 26.4 Å². The number of rotatable bonds is 10. The molecule has 0 fully saturated rings. The standard InChI is InChI=1S/C25H28O6/c1-5-30-24(25(26)27)16-19-8-10-21(11-9-19)31-13-12-18(2)6-7-20-14-22(28-3)17-23(15-20)29-4/h8-12,14-15,17,24H,5,13,16H2,1-4H3,(H,26,27). The van der Waals surface area contributed by atoms with Gasteiger partial charge < -0.3 is 24.1 Å². The molecular weight excluding hydrogens is 396 g/mol. The molecule has 164 valence electrons. The van der Waals surface area contributed by atoms with E-state index in [0.29, 0.717) is 36.9 Å². The Labute approximate surface area is 183 Å². The van der Waals surface area contributed by atoms with Gasteiger partial charge in [0.05, 0.1) is 14.2 Å². The number of allylic oxidation sites excluding steroid dienone is 1. The molecule has 0 spiro atoms. The summed E-state index contributed by atoms with van der Waals surface area (Å²) in [6, 6.07) is 12.8. The Morgan fingerprint density at radius 3 is 2.26 bits per heavy atom. The third-order valence-corrected chi connectivity index (χ3v) is 4.38. The van der Waals surface area contributed by atoms with E-state index in [1.807, 2.05) is 49.4 Å². The van der Waals surface area contributed by atoms with E-state index in [4.69, 9.17) is 18.9 Å². The van der Waals surface area contributed by atoms with Crippen LogP contribution >= 0.6 is 0 Å². The summed E-state index contributed by atoms with van der Waals surface area (Å²) in [5, 5.41) is 9.18. The quantitative estimate of drug-likeness (QED) is 0.579. The lowest BCUT2D eigenvalue weighted by atomic mass is 10.1. The molecule has 6 heteroatoms. The normalized spacial score (nSPS) is 11.8. The van der Waals surface area contributed by atoms with Gasteiger partial charge in [-0.05, 0) is 55.3 Å². The van der Waals surface area contributed by atoms with Gasteiger partial charge in [-0.3, -0.25) is 0 Å².